The fraction of sp³-hybridized carbons (Fsp3) is 0.130. The van der Waals surface area contributed by atoms with Crippen molar-refractivity contribution < 1.29 is 9.32 Å². The number of para-hydroxylation sites is 2. The van der Waals surface area contributed by atoms with Gasteiger partial charge in [0.15, 0.2) is 0 Å². The van der Waals surface area contributed by atoms with Crippen LogP contribution in [0.15, 0.2) is 63.8 Å². The SMILES string of the molecule is Cc1ccc(NC(=O)CCc2nc(-c3ccsc3)no2)c(-c2nc3ccccc3[nH]2)c1. The first-order valence-corrected chi connectivity index (χ1v) is 10.8. The number of hydrogen-bond acceptors (Lipinski definition) is 6. The van der Waals surface area contributed by atoms with E-state index in [1.807, 2.05) is 66.2 Å². The highest BCUT2D eigenvalue weighted by Gasteiger charge is 2.15. The molecule has 0 saturated carbocycles. The Bertz CT molecular complexity index is 1320. The van der Waals surface area contributed by atoms with Gasteiger partial charge in [0.05, 0.1) is 16.7 Å². The lowest BCUT2D eigenvalue weighted by Crippen LogP contribution is -2.13. The molecule has 31 heavy (non-hydrogen) atoms. The summed E-state index contributed by atoms with van der Waals surface area (Å²) in [6.45, 7) is 2.01. The Balaban J connectivity index is 1.31. The molecule has 5 aromatic rings. The summed E-state index contributed by atoms with van der Waals surface area (Å²) in [6, 6.07) is 15.7. The van der Waals surface area contributed by atoms with Crippen molar-refractivity contribution in [2.75, 3.05) is 5.32 Å². The van der Waals surface area contributed by atoms with Gasteiger partial charge in [0.1, 0.15) is 5.82 Å². The lowest BCUT2D eigenvalue weighted by molar-refractivity contribution is -0.116. The summed E-state index contributed by atoms with van der Waals surface area (Å²) in [5, 5.41) is 10.9. The average molecular weight is 430 g/mol. The summed E-state index contributed by atoms with van der Waals surface area (Å²) in [6.07, 6.45) is 0.605. The second-order valence-electron chi connectivity index (χ2n) is 7.22. The van der Waals surface area contributed by atoms with Gasteiger partial charge in [-0.1, -0.05) is 28.9 Å². The Morgan fingerprint density at radius 3 is 2.90 bits per heavy atom. The predicted molar refractivity (Wildman–Crippen MR) is 121 cm³/mol. The van der Waals surface area contributed by atoms with E-state index in [2.05, 4.69) is 25.4 Å². The van der Waals surface area contributed by atoms with Gasteiger partial charge in [0.2, 0.25) is 17.6 Å². The standard InChI is InChI=1S/C23H19N5O2S/c1-14-6-7-17(16(12-14)23-25-18-4-2-3-5-19(18)26-23)24-20(29)8-9-21-27-22(28-30-21)15-10-11-31-13-15/h2-7,10-13H,8-9H2,1H3,(H,24,29)(H,25,26). The van der Waals surface area contributed by atoms with Crippen LogP contribution in [0.1, 0.15) is 17.9 Å². The number of imidazole rings is 1. The van der Waals surface area contributed by atoms with Crippen LogP contribution in [-0.4, -0.2) is 26.0 Å². The van der Waals surface area contributed by atoms with E-state index in [9.17, 15) is 4.79 Å². The molecule has 5 rings (SSSR count). The summed E-state index contributed by atoms with van der Waals surface area (Å²) in [5.74, 6) is 1.58. The summed E-state index contributed by atoms with van der Waals surface area (Å²) >= 11 is 1.57. The number of aromatic amines is 1. The van der Waals surface area contributed by atoms with Gasteiger partial charge in [0, 0.05) is 29.3 Å². The quantitative estimate of drug-likeness (QED) is 0.386. The summed E-state index contributed by atoms with van der Waals surface area (Å²) < 4.78 is 5.28. The van der Waals surface area contributed by atoms with Gasteiger partial charge in [-0.3, -0.25) is 4.79 Å². The van der Waals surface area contributed by atoms with E-state index in [0.717, 1.165) is 33.5 Å². The van der Waals surface area contributed by atoms with E-state index >= 15 is 0 Å². The molecule has 3 heterocycles. The van der Waals surface area contributed by atoms with Crippen LogP contribution in [0.4, 0.5) is 5.69 Å². The smallest absolute Gasteiger partial charge is 0.227 e. The van der Waals surface area contributed by atoms with Crippen LogP contribution in [0.25, 0.3) is 33.8 Å². The molecule has 0 radical (unpaired) electrons. The third-order valence-electron chi connectivity index (χ3n) is 4.91. The number of H-pyrrole nitrogens is 1. The maximum Gasteiger partial charge on any atom is 0.227 e. The van der Waals surface area contributed by atoms with E-state index in [0.29, 0.717) is 23.8 Å². The minimum absolute atomic E-state index is 0.128. The molecule has 0 saturated heterocycles. The normalized spacial score (nSPS) is 11.1. The summed E-state index contributed by atoms with van der Waals surface area (Å²) in [7, 11) is 0. The van der Waals surface area contributed by atoms with Crippen molar-refractivity contribution in [3.8, 4) is 22.8 Å². The van der Waals surface area contributed by atoms with Gasteiger partial charge >= 0.3 is 0 Å². The van der Waals surface area contributed by atoms with Gasteiger partial charge < -0.3 is 14.8 Å². The number of benzene rings is 2. The van der Waals surface area contributed by atoms with Crippen molar-refractivity contribution in [3.05, 3.63) is 70.7 Å². The van der Waals surface area contributed by atoms with Crippen LogP contribution in [0.5, 0.6) is 0 Å². The number of carbonyl (C=O) groups is 1. The molecule has 0 aliphatic rings. The van der Waals surface area contributed by atoms with Crippen molar-refractivity contribution in [1.29, 1.82) is 0 Å². The van der Waals surface area contributed by atoms with Crippen LogP contribution in [-0.2, 0) is 11.2 Å². The maximum absolute atomic E-state index is 12.6. The minimum atomic E-state index is -0.128. The number of carbonyl (C=O) groups excluding carboxylic acids is 1. The third-order valence-corrected chi connectivity index (χ3v) is 5.59. The lowest BCUT2D eigenvalue weighted by Gasteiger charge is -2.10. The maximum atomic E-state index is 12.6. The van der Waals surface area contributed by atoms with Crippen LogP contribution >= 0.6 is 11.3 Å². The van der Waals surface area contributed by atoms with Crippen molar-refractivity contribution in [2.45, 2.75) is 19.8 Å². The Hall–Kier alpha value is -3.78. The van der Waals surface area contributed by atoms with Gasteiger partial charge in [-0.2, -0.15) is 16.3 Å². The first-order valence-electron chi connectivity index (χ1n) is 9.86. The highest BCUT2D eigenvalue weighted by Crippen LogP contribution is 2.29. The molecule has 0 atom stereocenters. The fourth-order valence-electron chi connectivity index (χ4n) is 3.34. The predicted octanol–water partition coefficient (Wildman–Crippen LogP) is 5.22. The number of aromatic nitrogens is 4. The summed E-state index contributed by atoms with van der Waals surface area (Å²) in [5.41, 5.74) is 5.39. The van der Waals surface area contributed by atoms with E-state index in [-0.39, 0.29) is 12.3 Å². The molecule has 2 aromatic carbocycles. The second-order valence-corrected chi connectivity index (χ2v) is 8.00. The average Bonchev–Trinajstić information content (AvgIpc) is 3.53. The molecule has 0 spiro atoms. The Labute approximate surface area is 182 Å². The van der Waals surface area contributed by atoms with Gasteiger partial charge in [-0.25, -0.2) is 4.98 Å². The molecular weight excluding hydrogens is 410 g/mol. The molecule has 8 heteroatoms. The van der Waals surface area contributed by atoms with E-state index in [4.69, 9.17) is 4.52 Å². The zero-order valence-electron chi connectivity index (χ0n) is 16.8. The molecule has 0 unspecified atom stereocenters. The number of aryl methyl sites for hydroxylation is 2. The van der Waals surface area contributed by atoms with Crippen molar-refractivity contribution >= 4 is 34.0 Å². The molecule has 3 aromatic heterocycles. The molecule has 0 bridgehead atoms. The fourth-order valence-corrected chi connectivity index (χ4v) is 3.98. The van der Waals surface area contributed by atoms with E-state index < -0.39 is 0 Å². The lowest BCUT2D eigenvalue weighted by atomic mass is 10.1. The molecule has 154 valence electrons. The number of fused-ring (bicyclic) bond motifs is 1. The zero-order valence-corrected chi connectivity index (χ0v) is 17.6. The first kappa shape index (κ1) is 19.2. The third kappa shape index (κ3) is 4.10. The largest absolute Gasteiger partial charge is 0.339 e. The second kappa shape index (κ2) is 8.16. The van der Waals surface area contributed by atoms with Crippen LogP contribution < -0.4 is 5.32 Å². The van der Waals surface area contributed by atoms with Gasteiger partial charge in [-0.05, 0) is 42.6 Å². The number of nitrogens with zero attached hydrogens (tertiary/aromatic N) is 3. The molecule has 7 nitrogen and oxygen atoms in total. The van der Waals surface area contributed by atoms with Crippen LogP contribution in [0.3, 0.4) is 0 Å². The van der Waals surface area contributed by atoms with Crippen LogP contribution in [0, 0.1) is 6.92 Å². The number of amides is 1. The molecular formula is C23H19N5O2S. The topological polar surface area (TPSA) is 96.7 Å². The number of rotatable bonds is 6. The molecule has 0 fully saturated rings. The molecule has 1 amide bonds. The number of nitrogens with one attached hydrogen (secondary N) is 2. The molecule has 0 aliphatic heterocycles. The van der Waals surface area contributed by atoms with Crippen LogP contribution in [0.2, 0.25) is 0 Å². The van der Waals surface area contributed by atoms with Crippen molar-refractivity contribution in [1.82, 2.24) is 20.1 Å². The monoisotopic (exact) mass is 429 g/mol. The zero-order chi connectivity index (χ0) is 21.2. The highest BCUT2D eigenvalue weighted by molar-refractivity contribution is 7.08. The van der Waals surface area contributed by atoms with Gasteiger partial charge in [-0.15, -0.1) is 0 Å². The minimum Gasteiger partial charge on any atom is -0.339 e. The van der Waals surface area contributed by atoms with Crippen molar-refractivity contribution in [2.24, 2.45) is 0 Å². The number of anilines is 1. The molecule has 2 N–H and O–H groups in total. The van der Waals surface area contributed by atoms with E-state index in [1.165, 1.54) is 0 Å². The highest BCUT2D eigenvalue weighted by atomic mass is 32.1. The van der Waals surface area contributed by atoms with Gasteiger partial charge in [0.25, 0.3) is 0 Å². The Morgan fingerprint density at radius 2 is 2.06 bits per heavy atom. The summed E-state index contributed by atoms with van der Waals surface area (Å²) in [4.78, 5) is 25.0. The Kier molecular flexibility index (Phi) is 5.05. The number of hydrogen-bond donors (Lipinski definition) is 2. The van der Waals surface area contributed by atoms with E-state index in [1.54, 1.807) is 11.3 Å². The Morgan fingerprint density at radius 1 is 1.16 bits per heavy atom. The molecule has 0 aliphatic carbocycles. The van der Waals surface area contributed by atoms with Crippen molar-refractivity contribution in [3.63, 3.8) is 0 Å². The first-order chi connectivity index (χ1) is 15.2. The number of thiophene rings is 1.